The summed E-state index contributed by atoms with van der Waals surface area (Å²) >= 11 is 6.04. The number of aliphatic carboxylic acids is 1. The number of aromatic nitrogens is 4. The van der Waals surface area contributed by atoms with Crippen LogP contribution in [-0.2, 0) is 10.3 Å². The zero-order chi connectivity index (χ0) is 15.6. The number of tetrazole rings is 1. The van der Waals surface area contributed by atoms with E-state index >= 15 is 0 Å². The fourth-order valence-electron chi connectivity index (χ4n) is 2.42. The molecule has 2 aromatic rings. The molecule has 0 atom stereocenters. The summed E-state index contributed by atoms with van der Waals surface area (Å²) in [7, 11) is 0. The van der Waals surface area contributed by atoms with Crippen LogP contribution in [0, 0.1) is 6.92 Å². The molecule has 0 aliphatic rings. The third-order valence-corrected chi connectivity index (χ3v) is 4.12. The second kappa shape index (κ2) is 5.81. The minimum absolute atomic E-state index is 0.385. The van der Waals surface area contributed by atoms with Gasteiger partial charge in [-0.3, -0.25) is 0 Å². The van der Waals surface area contributed by atoms with Crippen LogP contribution >= 0.6 is 11.6 Å². The van der Waals surface area contributed by atoms with Gasteiger partial charge in [0, 0.05) is 10.6 Å². The fourth-order valence-corrected chi connectivity index (χ4v) is 2.59. The van der Waals surface area contributed by atoms with Crippen LogP contribution in [0.25, 0.3) is 11.4 Å². The molecule has 0 fully saturated rings. The van der Waals surface area contributed by atoms with Gasteiger partial charge in [-0.25, -0.2) is 9.48 Å². The summed E-state index contributed by atoms with van der Waals surface area (Å²) in [5.74, 6) is -0.526. The Morgan fingerprint density at radius 1 is 1.38 bits per heavy atom. The van der Waals surface area contributed by atoms with Gasteiger partial charge in [0.05, 0.1) is 0 Å². The minimum Gasteiger partial charge on any atom is -0.479 e. The van der Waals surface area contributed by atoms with Crippen molar-refractivity contribution in [2.75, 3.05) is 0 Å². The predicted molar refractivity (Wildman–Crippen MR) is 79.2 cm³/mol. The zero-order valence-electron chi connectivity index (χ0n) is 12.2. The molecular weight excluding hydrogens is 292 g/mol. The molecule has 0 saturated carbocycles. The maximum atomic E-state index is 11.8. The number of carbonyl (C=O) groups is 1. The maximum Gasteiger partial charge on any atom is 0.331 e. The van der Waals surface area contributed by atoms with Crippen molar-refractivity contribution in [3.63, 3.8) is 0 Å². The lowest BCUT2D eigenvalue weighted by Crippen LogP contribution is -2.42. The van der Waals surface area contributed by atoms with Crippen molar-refractivity contribution in [2.24, 2.45) is 0 Å². The first-order chi connectivity index (χ1) is 9.96. The van der Waals surface area contributed by atoms with Crippen LogP contribution in [0.1, 0.15) is 32.3 Å². The molecule has 7 heteroatoms. The molecule has 1 aromatic carbocycles. The maximum absolute atomic E-state index is 11.8. The molecule has 0 radical (unpaired) electrons. The lowest BCUT2D eigenvalue weighted by Gasteiger charge is -2.27. The average molecular weight is 309 g/mol. The van der Waals surface area contributed by atoms with Gasteiger partial charge in [-0.15, -0.1) is 5.10 Å². The zero-order valence-corrected chi connectivity index (χ0v) is 12.9. The topological polar surface area (TPSA) is 80.9 Å². The van der Waals surface area contributed by atoms with Crippen LogP contribution in [0.15, 0.2) is 18.2 Å². The monoisotopic (exact) mass is 308 g/mol. The quantitative estimate of drug-likeness (QED) is 0.918. The van der Waals surface area contributed by atoms with Crippen LogP contribution in [0.4, 0.5) is 0 Å². The molecule has 0 bridgehead atoms. The Morgan fingerprint density at radius 2 is 2.05 bits per heavy atom. The molecule has 2 rings (SSSR count). The number of hydrogen-bond donors (Lipinski definition) is 1. The highest BCUT2D eigenvalue weighted by Crippen LogP contribution is 2.31. The SMILES string of the molecule is CCC(CC)(C(=O)O)n1nnnc1-c1cc(Cl)ccc1C. The van der Waals surface area contributed by atoms with Crippen molar-refractivity contribution in [3.8, 4) is 11.4 Å². The van der Waals surface area contributed by atoms with Crippen molar-refractivity contribution < 1.29 is 9.90 Å². The molecular formula is C14H17ClN4O2. The van der Waals surface area contributed by atoms with Crippen molar-refractivity contribution in [2.45, 2.75) is 39.2 Å². The van der Waals surface area contributed by atoms with Gasteiger partial charge in [0.25, 0.3) is 0 Å². The van der Waals surface area contributed by atoms with Crippen LogP contribution < -0.4 is 0 Å². The largest absolute Gasteiger partial charge is 0.479 e. The molecule has 6 nitrogen and oxygen atoms in total. The van der Waals surface area contributed by atoms with E-state index < -0.39 is 11.5 Å². The first-order valence-corrected chi connectivity index (χ1v) is 7.12. The molecule has 1 N–H and O–H groups in total. The van der Waals surface area contributed by atoms with E-state index in [9.17, 15) is 9.90 Å². The van der Waals surface area contributed by atoms with E-state index in [1.54, 1.807) is 12.1 Å². The van der Waals surface area contributed by atoms with Gasteiger partial charge in [0.2, 0.25) is 0 Å². The molecule has 0 unspecified atom stereocenters. The number of halogens is 1. The Morgan fingerprint density at radius 3 is 2.62 bits per heavy atom. The van der Waals surface area contributed by atoms with E-state index in [1.165, 1.54) is 4.68 Å². The highest BCUT2D eigenvalue weighted by molar-refractivity contribution is 6.30. The first kappa shape index (κ1) is 15.4. The second-order valence-electron chi connectivity index (χ2n) is 4.92. The van der Waals surface area contributed by atoms with Crippen LogP contribution in [0.2, 0.25) is 5.02 Å². The lowest BCUT2D eigenvalue weighted by atomic mass is 9.92. The molecule has 1 heterocycles. The summed E-state index contributed by atoms with van der Waals surface area (Å²) in [4.78, 5) is 11.8. The van der Waals surface area contributed by atoms with E-state index in [0.29, 0.717) is 23.7 Å². The Hall–Kier alpha value is -1.95. The van der Waals surface area contributed by atoms with Crippen molar-refractivity contribution in [3.05, 3.63) is 28.8 Å². The molecule has 112 valence electrons. The predicted octanol–water partition coefficient (Wildman–Crippen LogP) is 2.90. The van der Waals surface area contributed by atoms with Gasteiger partial charge in [-0.1, -0.05) is 31.5 Å². The minimum atomic E-state index is -1.16. The molecule has 0 aliphatic carbocycles. The van der Waals surface area contributed by atoms with Gasteiger partial charge in [0.1, 0.15) is 0 Å². The third kappa shape index (κ3) is 2.51. The van der Waals surface area contributed by atoms with Crippen LogP contribution in [0.5, 0.6) is 0 Å². The average Bonchev–Trinajstić information content (AvgIpc) is 2.93. The summed E-state index contributed by atoms with van der Waals surface area (Å²) in [6.45, 7) is 5.53. The second-order valence-corrected chi connectivity index (χ2v) is 5.35. The Bertz CT molecular complexity index is 665. The number of aryl methyl sites for hydroxylation is 1. The fraction of sp³-hybridized carbons (Fsp3) is 0.429. The number of hydrogen-bond acceptors (Lipinski definition) is 4. The van der Waals surface area contributed by atoms with Crippen LogP contribution in [-0.4, -0.2) is 31.3 Å². The van der Waals surface area contributed by atoms with Gasteiger partial charge in [0.15, 0.2) is 11.4 Å². The Kier molecular flexibility index (Phi) is 4.27. The first-order valence-electron chi connectivity index (χ1n) is 6.75. The number of carboxylic acid groups (broad SMARTS) is 1. The van der Waals surface area contributed by atoms with Gasteiger partial charge >= 0.3 is 5.97 Å². The third-order valence-electron chi connectivity index (χ3n) is 3.88. The molecule has 0 saturated heterocycles. The van der Waals surface area contributed by atoms with E-state index in [4.69, 9.17) is 11.6 Å². The summed E-state index contributed by atoms with van der Waals surface area (Å²) in [6, 6.07) is 5.38. The number of benzene rings is 1. The normalized spacial score (nSPS) is 11.6. The lowest BCUT2D eigenvalue weighted by molar-refractivity contribution is -0.148. The highest BCUT2D eigenvalue weighted by Gasteiger charge is 2.40. The van der Waals surface area contributed by atoms with Crippen molar-refractivity contribution in [1.82, 2.24) is 20.2 Å². The Balaban J connectivity index is 2.67. The molecule has 21 heavy (non-hydrogen) atoms. The van der Waals surface area contributed by atoms with E-state index in [1.807, 2.05) is 26.8 Å². The van der Waals surface area contributed by atoms with E-state index in [2.05, 4.69) is 15.5 Å². The van der Waals surface area contributed by atoms with Crippen LogP contribution in [0.3, 0.4) is 0 Å². The summed E-state index contributed by atoms with van der Waals surface area (Å²) < 4.78 is 1.40. The van der Waals surface area contributed by atoms with E-state index in [0.717, 1.165) is 11.1 Å². The molecule has 0 aliphatic heterocycles. The van der Waals surface area contributed by atoms with Crippen molar-refractivity contribution in [1.29, 1.82) is 0 Å². The Labute approximate surface area is 127 Å². The summed E-state index contributed by atoms with van der Waals surface area (Å²) in [5, 5.41) is 21.8. The smallest absolute Gasteiger partial charge is 0.331 e. The number of carboxylic acids is 1. The number of rotatable bonds is 5. The van der Waals surface area contributed by atoms with Gasteiger partial charge in [-0.2, -0.15) is 0 Å². The van der Waals surface area contributed by atoms with E-state index in [-0.39, 0.29) is 0 Å². The number of nitrogens with zero attached hydrogens (tertiary/aromatic N) is 4. The molecule has 0 amide bonds. The van der Waals surface area contributed by atoms with Crippen molar-refractivity contribution >= 4 is 17.6 Å². The summed E-state index contributed by atoms with van der Waals surface area (Å²) in [5.41, 5.74) is 0.509. The standard InChI is InChI=1S/C14H17ClN4O2/c1-4-14(5-2,13(20)21)19-12(16-17-18-19)11-8-10(15)7-6-9(11)3/h6-8H,4-5H2,1-3H3,(H,20,21). The molecule has 1 aromatic heterocycles. The highest BCUT2D eigenvalue weighted by atomic mass is 35.5. The van der Waals surface area contributed by atoms with Gasteiger partial charge in [-0.05, 0) is 47.9 Å². The molecule has 0 spiro atoms. The summed E-state index contributed by atoms with van der Waals surface area (Å²) in [6.07, 6.45) is 0.771. The van der Waals surface area contributed by atoms with Gasteiger partial charge < -0.3 is 5.11 Å².